The zero-order chi connectivity index (χ0) is 14.4. The first kappa shape index (κ1) is 16.0. The second kappa shape index (κ2) is 7.48. The standard InChI is InChI=1S/C14H26N2O3/c1-10(2)8-16(9-13(17)18)14(19)12-5-3-11(7-15)4-6-12/h10-12H,3-9,15H2,1-2H3,(H,17,18). The first-order valence-corrected chi connectivity index (χ1v) is 7.14. The minimum atomic E-state index is -0.940. The lowest BCUT2D eigenvalue weighted by atomic mass is 9.81. The van der Waals surface area contributed by atoms with E-state index in [1.54, 1.807) is 0 Å². The number of hydrogen-bond donors (Lipinski definition) is 2. The maximum absolute atomic E-state index is 12.4. The van der Waals surface area contributed by atoms with Gasteiger partial charge >= 0.3 is 5.97 Å². The third-order valence-electron chi connectivity index (χ3n) is 3.75. The molecule has 110 valence electrons. The second-order valence-corrected chi connectivity index (χ2v) is 5.96. The van der Waals surface area contributed by atoms with Crippen LogP contribution in [0.25, 0.3) is 0 Å². The molecule has 0 aromatic carbocycles. The van der Waals surface area contributed by atoms with Gasteiger partial charge in [-0.3, -0.25) is 9.59 Å². The number of nitrogens with two attached hydrogens (primary N) is 1. The summed E-state index contributed by atoms with van der Waals surface area (Å²) < 4.78 is 0. The fraction of sp³-hybridized carbons (Fsp3) is 0.857. The maximum atomic E-state index is 12.4. The highest BCUT2D eigenvalue weighted by molar-refractivity contribution is 5.83. The molecule has 0 bridgehead atoms. The zero-order valence-electron chi connectivity index (χ0n) is 12.0. The van der Waals surface area contributed by atoms with Crippen molar-refractivity contribution in [2.75, 3.05) is 19.6 Å². The fourth-order valence-corrected chi connectivity index (χ4v) is 2.74. The number of amides is 1. The highest BCUT2D eigenvalue weighted by Gasteiger charge is 2.30. The van der Waals surface area contributed by atoms with Crippen LogP contribution in [0, 0.1) is 17.8 Å². The molecular formula is C14H26N2O3. The summed E-state index contributed by atoms with van der Waals surface area (Å²) in [4.78, 5) is 24.8. The van der Waals surface area contributed by atoms with E-state index >= 15 is 0 Å². The van der Waals surface area contributed by atoms with Crippen molar-refractivity contribution in [2.24, 2.45) is 23.5 Å². The van der Waals surface area contributed by atoms with Gasteiger partial charge < -0.3 is 15.7 Å². The van der Waals surface area contributed by atoms with Crippen molar-refractivity contribution in [3.63, 3.8) is 0 Å². The lowest BCUT2D eigenvalue weighted by Crippen LogP contribution is -2.42. The molecule has 0 aromatic rings. The van der Waals surface area contributed by atoms with E-state index < -0.39 is 5.97 Å². The van der Waals surface area contributed by atoms with Crippen LogP contribution in [-0.2, 0) is 9.59 Å². The SMILES string of the molecule is CC(C)CN(CC(=O)O)C(=O)C1CCC(CN)CC1. The summed E-state index contributed by atoms with van der Waals surface area (Å²) in [6.45, 7) is 5.00. The van der Waals surface area contributed by atoms with E-state index in [4.69, 9.17) is 10.8 Å². The van der Waals surface area contributed by atoms with Crippen LogP contribution in [0.1, 0.15) is 39.5 Å². The Bertz CT molecular complexity index is 310. The lowest BCUT2D eigenvalue weighted by molar-refractivity contribution is -0.147. The maximum Gasteiger partial charge on any atom is 0.323 e. The van der Waals surface area contributed by atoms with E-state index in [2.05, 4.69) is 0 Å². The van der Waals surface area contributed by atoms with E-state index in [0.717, 1.165) is 25.7 Å². The number of carboxylic acids is 1. The van der Waals surface area contributed by atoms with Gasteiger partial charge in [0.05, 0.1) is 0 Å². The molecule has 19 heavy (non-hydrogen) atoms. The first-order valence-electron chi connectivity index (χ1n) is 7.14. The van der Waals surface area contributed by atoms with Crippen LogP contribution < -0.4 is 5.73 Å². The van der Waals surface area contributed by atoms with Gasteiger partial charge in [0.1, 0.15) is 6.54 Å². The van der Waals surface area contributed by atoms with Crippen LogP contribution in [-0.4, -0.2) is 41.5 Å². The van der Waals surface area contributed by atoms with Gasteiger partial charge in [0.25, 0.3) is 0 Å². The van der Waals surface area contributed by atoms with Gasteiger partial charge in [-0.1, -0.05) is 13.8 Å². The molecule has 1 aliphatic rings. The first-order chi connectivity index (χ1) is 8.93. The van der Waals surface area contributed by atoms with Crippen LogP contribution >= 0.6 is 0 Å². The van der Waals surface area contributed by atoms with Crippen molar-refractivity contribution in [2.45, 2.75) is 39.5 Å². The molecule has 1 rings (SSSR count). The van der Waals surface area contributed by atoms with Crippen molar-refractivity contribution in [1.82, 2.24) is 4.90 Å². The Morgan fingerprint density at radius 3 is 2.26 bits per heavy atom. The van der Waals surface area contributed by atoms with Crippen molar-refractivity contribution < 1.29 is 14.7 Å². The second-order valence-electron chi connectivity index (χ2n) is 5.96. The molecule has 0 spiro atoms. The Balaban J connectivity index is 2.58. The number of rotatable bonds is 6. The molecule has 0 unspecified atom stereocenters. The van der Waals surface area contributed by atoms with Gasteiger partial charge in [-0.15, -0.1) is 0 Å². The van der Waals surface area contributed by atoms with Crippen molar-refractivity contribution in [1.29, 1.82) is 0 Å². The molecule has 0 aliphatic heterocycles. The summed E-state index contributed by atoms with van der Waals surface area (Å²) in [5.74, 6) is -0.136. The molecule has 1 amide bonds. The number of hydrogen-bond acceptors (Lipinski definition) is 3. The number of nitrogens with zero attached hydrogens (tertiary/aromatic N) is 1. The molecule has 0 heterocycles. The van der Waals surface area contributed by atoms with Gasteiger partial charge in [-0.25, -0.2) is 0 Å². The minimum Gasteiger partial charge on any atom is -0.480 e. The van der Waals surface area contributed by atoms with Crippen LogP contribution in [0.4, 0.5) is 0 Å². The molecule has 1 fully saturated rings. The van der Waals surface area contributed by atoms with E-state index in [-0.39, 0.29) is 24.3 Å². The molecule has 0 radical (unpaired) electrons. The van der Waals surface area contributed by atoms with Crippen molar-refractivity contribution in [3.8, 4) is 0 Å². The van der Waals surface area contributed by atoms with E-state index in [1.807, 2.05) is 13.8 Å². The molecule has 1 saturated carbocycles. The number of aliphatic carboxylic acids is 1. The van der Waals surface area contributed by atoms with E-state index in [1.165, 1.54) is 4.90 Å². The van der Waals surface area contributed by atoms with Gasteiger partial charge in [-0.2, -0.15) is 0 Å². The average Bonchev–Trinajstić information content (AvgIpc) is 2.36. The molecule has 3 N–H and O–H groups in total. The lowest BCUT2D eigenvalue weighted by Gasteiger charge is -2.31. The summed E-state index contributed by atoms with van der Waals surface area (Å²) in [5, 5.41) is 8.91. The summed E-state index contributed by atoms with van der Waals surface area (Å²) in [7, 11) is 0. The number of carboxylic acid groups (broad SMARTS) is 1. The molecule has 1 aliphatic carbocycles. The summed E-state index contributed by atoms with van der Waals surface area (Å²) in [5.41, 5.74) is 5.64. The summed E-state index contributed by atoms with van der Waals surface area (Å²) in [6.07, 6.45) is 3.65. The van der Waals surface area contributed by atoms with Gasteiger partial charge in [0.15, 0.2) is 0 Å². The summed E-state index contributed by atoms with van der Waals surface area (Å²) >= 11 is 0. The molecular weight excluding hydrogens is 244 g/mol. The molecule has 0 saturated heterocycles. The summed E-state index contributed by atoms with van der Waals surface area (Å²) in [6, 6.07) is 0. The minimum absolute atomic E-state index is 0.00608. The van der Waals surface area contributed by atoms with E-state index in [9.17, 15) is 9.59 Å². The number of carbonyl (C=O) groups is 2. The largest absolute Gasteiger partial charge is 0.480 e. The Morgan fingerprint density at radius 2 is 1.84 bits per heavy atom. The Morgan fingerprint density at radius 1 is 1.26 bits per heavy atom. The molecule has 0 aromatic heterocycles. The van der Waals surface area contributed by atoms with Crippen molar-refractivity contribution >= 4 is 11.9 Å². The van der Waals surface area contributed by atoms with Crippen molar-refractivity contribution in [3.05, 3.63) is 0 Å². The Kier molecular flexibility index (Phi) is 6.28. The molecule has 0 atom stereocenters. The van der Waals surface area contributed by atoms with Crippen LogP contribution in [0.15, 0.2) is 0 Å². The normalized spacial score (nSPS) is 23.4. The highest BCUT2D eigenvalue weighted by atomic mass is 16.4. The Hall–Kier alpha value is -1.10. The predicted octanol–water partition coefficient (Wildman–Crippen LogP) is 1.32. The molecule has 5 heteroatoms. The monoisotopic (exact) mass is 270 g/mol. The van der Waals surface area contributed by atoms with Crippen LogP contribution in [0.5, 0.6) is 0 Å². The quantitative estimate of drug-likeness (QED) is 0.762. The van der Waals surface area contributed by atoms with Gasteiger partial charge in [0, 0.05) is 12.5 Å². The predicted molar refractivity (Wildman–Crippen MR) is 73.6 cm³/mol. The average molecular weight is 270 g/mol. The Labute approximate surface area is 115 Å². The fourth-order valence-electron chi connectivity index (χ4n) is 2.74. The topological polar surface area (TPSA) is 83.6 Å². The smallest absolute Gasteiger partial charge is 0.323 e. The third kappa shape index (κ3) is 5.19. The van der Waals surface area contributed by atoms with E-state index in [0.29, 0.717) is 19.0 Å². The highest BCUT2D eigenvalue weighted by Crippen LogP contribution is 2.29. The van der Waals surface area contributed by atoms with Gasteiger partial charge in [0.2, 0.25) is 5.91 Å². The number of carbonyl (C=O) groups excluding carboxylic acids is 1. The van der Waals surface area contributed by atoms with Gasteiger partial charge in [-0.05, 0) is 44.1 Å². The van der Waals surface area contributed by atoms with Crippen LogP contribution in [0.3, 0.4) is 0 Å². The third-order valence-corrected chi connectivity index (χ3v) is 3.75. The zero-order valence-corrected chi connectivity index (χ0v) is 12.0. The molecule has 5 nitrogen and oxygen atoms in total. The van der Waals surface area contributed by atoms with Crippen LogP contribution in [0.2, 0.25) is 0 Å².